The number of likely N-dealkylation sites (tertiary alicyclic amines) is 1. The molecule has 3 N–H and O–H groups in total. The number of nitrogens with one attached hydrogen (secondary N) is 1. The maximum absolute atomic E-state index is 12.9. The summed E-state index contributed by atoms with van der Waals surface area (Å²) in [5.41, 5.74) is 12.0. The molecule has 5 rings (SSSR count). The van der Waals surface area contributed by atoms with Crippen molar-refractivity contribution in [1.82, 2.24) is 19.4 Å². The number of fused-ring (bicyclic) bond motifs is 1. The van der Waals surface area contributed by atoms with Crippen molar-refractivity contribution in [2.24, 2.45) is 13.0 Å². The van der Waals surface area contributed by atoms with Gasteiger partial charge in [0.1, 0.15) is 17.8 Å². The van der Waals surface area contributed by atoms with Crippen LogP contribution in [0.3, 0.4) is 0 Å². The number of aromatic nitrogens is 3. The van der Waals surface area contributed by atoms with Gasteiger partial charge in [0.15, 0.2) is 0 Å². The molecule has 1 saturated heterocycles. The molecule has 180 valence electrons. The van der Waals surface area contributed by atoms with E-state index in [-0.39, 0.29) is 17.7 Å². The van der Waals surface area contributed by atoms with Gasteiger partial charge in [-0.3, -0.25) is 9.59 Å². The molecule has 1 fully saturated rings. The number of anilines is 2. The molecule has 1 unspecified atom stereocenters. The number of carbonyl (C=O) groups excluding carboxylic acids is 2. The molecule has 8 nitrogen and oxygen atoms in total. The average molecular weight is 471 g/mol. The van der Waals surface area contributed by atoms with E-state index >= 15 is 0 Å². The van der Waals surface area contributed by atoms with Crippen molar-refractivity contribution in [2.45, 2.75) is 32.1 Å². The zero-order valence-corrected chi connectivity index (χ0v) is 20.0. The highest BCUT2D eigenvalue weighted by Crippen LogP contribution is 2.43. The van der Waals surface area contributed by atoms with Gasteiger partial charge < -0.3 is 20.5 Å². The summed E-state index contributed by atoms with van der Waals surface area (Å²) in [7, 11) is 1.98. The fourth-order valence-corrected chi connectivity index (χ4v) is 5.31. The molecule has 2 aromatic heterocycles. The van der Waals surface area contributed by atoms with Crippen LogP contribution in [0.15, 0.2) is 49.3 Å². The van der Waals surface area contributed by atoms with Gasteiger partial charge in [0.2, 0.25) is 11.8 Å². The lowest BCUT2D eigenvalue weighted by molar-refractivity contribution is -0.134. The summed E-state index contributed by atoms with van der Waals surface area (Å²) < 4.78 is 2.04. The summed E-state index contributed by atoms with van der Waals surface area (Å²) in [4.78, 5) is 35.4. The first kappa shape index (κ1) is 22.8. The van der Waals surface area contributed by atoms with E-state index in [1.807, 2.05) is 40.8 Å². The van der Waals surface area contributed by atoms with E-state index in [2.05, 4.69) is 27.9 Å². The van der Waals surface area contributed by atoms with Crippen molar-refractivity contribution in [3.8, 4) is 11.3 Å². The van der Waals surface area contributed by atoms with Crippen LogP contribution in [0.1, 0.15) is 37.7 Å². The number of amides is 2. The Morgan fingerprint density at radius 2 is 1.91 bits per heavy atom. The summed E-state index contributed by atoms with van der Waals surface area (Å²) in [6.07, 6.45) is 9.47. The SMILES string of the molecule is C=CC(=O)Nc1ccc(-c2c(C3=CCC(C(=O)N4CCCC4)CC3)c3c(N)ncnc3n2C)cc1. The fourth-order valence-electron chi connectivity index (χ4n) is 5.31. The quantitative estimate of drug-likeness (QED) is 0.545. The fraction of sp³-hybridized carbons (Fsp3) is 0.333. The Morgan fingerprint density at radius 1 is 1.17 bits per heavy atom. The molecule has 3 heterocycles. The number of hydrogen-bond donors (Lipinski definition) is 2. The van der Waals surface area contributed by atoms with Gasteiger partial charge in [-0.1, -0.05) is 24.8 Å². The third-order valence-electron chi connectivity index (χ3n) is 7.11. The lowest BCUT2D eigenvalue weighted by Gasteiger charge is -2.26. The number of benzene rings is 1. The maximum Gasteiger partial charge on any atom is 0.247 e. The summed E-state index contributed by atoms with van der Waals surface area (Å²) in [6.45, 7) is 5.27. The van der Waals surface area contributed by atoms with E-state index in [0.29, 0.717) is 11.5 Å². The second kappa shape index (κ2) is 9.37. The molecule has 1 aliphatic heterocycles. The molecule has 0 saturated carbocycles. The standard InChI is InChI=1S/C27H30N6O2/c1-3-21(34)31-20-12-10-18(11-13-20)24-22(23-25(28)29-16-30-26(23)32(24)2)17-6-8-19(9-7-17)27(35)33-14-4-5-15-33/h3,6,10-13,16,19H,1,4-5,7-9,14-15H2,2H3,(H,31,34)(H2,28,29,30). The minimum absolute atomic E-state index is 0.0385. The zero-order chi connectivity index (χ0) is 24.5. The molecule has 1 aliphatic carbocycles. The lowest BCUT2D eigenvalue weighted by Crippen LogP contribution is -2.34. The number of nitrogens with two attached hydrogens (primary N) is 1. The Kier molecular flexibility index (Phi) is 6.11. The minimum Gasteiger partial charge on any atom is -0.383 e. The van der Waals surface area contributed by atoms with Crippen LogP contribution in [0.25, 0.3) is 27.9 Å². The van der Waals surface area contributed by atoms with E-state index in [9.17, 15) is 9.59 Å². The maximum atomic E-state index is 12.9. The first-order chi connectivity index (χ1) is 17.0. The molecule has 2 aliphatic rings. The van der Waals surface area contributed by atoms with Crippen molar-refractivity contribution in [1.29, 1.82) is 0 Å². The van der Waals surface area contributed by atoms with Crippen LogP contribution in [0.4, 0.5) is 11.5 Å². The summed E-state index contributed by atoms with van der Waals surface area (Å²) in [5.74, 6) is 0.516. The van der Waals surface area contributed by atoms with Crippen molar-refractivity contribution in [2.75, 3.05) is 24.1 Å². The predicted octanol–water partition coefficient (Wildman–Crippen LogP) is 4.15. The zero-order valence-electron chi connectivity index (χ0n) is 20.0. The van der Waals surface area contributed by atoms with Gasteiger partial charge in [0.05, 0.1) is 11.1 Å². The number of aryl methyl sites for hydroxylation is 1. The highest BCUT2D eigenvalue weighted by molar-refractivity contribution is 6.04. The number of hydrogen-bond acceptors (Lipinski definition) is 5. The topological polar surface area (TPSA) is 106 Å². The molecule has 3 aromatic rings. The number of rotatable bonds is 5. The molecule has 35 heavy (non-hydrogen) atoms. The van der Waals surface area contributed by atoms with Crippen LogP contribution in [-0.2, 0) is 16.6 Å². The van der Waals surface area contributed by atoms with Gasteiger partial charge >= 0.3 is 0 Å². The van der Waals surface area contributed by atoms with Crippen molar-refractivity contribution in [3.05, 3.63) is 54.9 Å². The van der Waals surface area contributed by atoms with Crippen LogP contribution in [0.2, 0.25) is 0 Å². The Labute approximate surface area is 204 Å². The first-order valence-corrected chi connectivity index (χ1v) is 12.1. The molecule has 0 spiro atoms. The van der Waals surface area contributed by atoms with Crippen molar-refractivity contribution >= 4 is 39.9 Å². The van der Waals surface area contributed by atoms with Crippen molar-refractivity contribution in [3.63, 3.8) is 0 Å². The summed E-state index contributed by atoms with van der Waals surface area (Å²) >= 11 is 0. The molecule has 0 radical (unpaired) electrons. The smallest absolute Gasteiger partial charge is 0.247 e. The second-order valence-electron chi connectivity index (χ2n) is 9.24. The van der Waals surface area contributed by atoms with Crippen LogP contribution in [-0.4, -0.2) is 44.3 Å². The number of allylic oxidation sites excluding steroid dienone is 2. The largest absolute Gasteiger partial charge is 0.383 e. The van der Waals surface area contributed by atoms with E-state index < -0.39 is 0 Å². The van der Waals surface area contributed by atoms with Crippen LogP contribution in [0.5, 0.6) is 0 Å². The summed E-state index contributed by atoms with van der Waals surface area (Å²) in [5, 5.41) is 3.62. The Balaban J connectivity index is 1.54. The van der Waals surface area contributed by atoms with Crippen LogP contribution >= 0.6 is 0 Å². The van der Waals surface area contributed by atoms with E-state index in [1.54, 1.807) is 0 Å². The number of nitrogens with zero attached hydrogens (tertiary/aromatic N) is 4. The predicted molar refractivity (Wildman–Crippen MR) is 138 cm³/mol. The third kappa shape index (κ3) is 4.20. The number of nitrogen functional groups attached to an aromatic ring is 1. The second-order valence-corrected chi connectivity index (χ2v) is 9.24. The highest BCUT2D eigenvalue weighted by atomic mass is 16.2. The lowest BCUT2D eigenvalue weighted by atomic mass is 9.84. The monoisotopic (exact) mass is 470 g/mol. The Hall–Kier alpha value is -3.94. The summed E-state index contributed by atoms with van der Waals surface area (Å²) in [6, 6.07) is 7.69. The normalized spacial score (nSPS) is 17.9. The molecular formula is C27H30N6O2. The van der Waals surface area contributed by atoms with Gasteiger partial charge in [-0.15, -0.1) is 0 Å². The van der Waals surface area contributed by atoms with Crippen LogP contribution in [0, 0.1) is 5.92 Å². The van der Waals surface area contributed by atoms with Gasteiger partial charge in [0.25, 0.3) is 0 Å². The molecule has 1 aromatic carbocycles. The molecule has 0 bridgehead atoms. The highest BCUT2D eigenvalue weighted by Gasteiger charge is 2.30. The third-order valence-corrected chi connectivity index (χ3v) is 7.11. The molecule has 1 atom stereocenters. The number of carbonyl (C=O) groups is 2. The minimum atomic E-state index is -0.253. The molecule has 8 heteroatoms. The molecular weight excluding hydrogens is 440 g/mol. The van der Waals surface area contributed by atoms with Gasteiger partial charge in [-0.2, -0.15) is 0 Å². The van der Waals surface area contributed by atoms with Crippen molar-refractivity contribution < 1.29 is 9.59 Å². The average Bonchev–Trinajstić information content (AvgIpc) is 3.52. The Bertz CT molecular complexity index is 1330. The molecule has 2 amide bonds. The van der Waals surface area contributed by atoms with Crippen LogP contribution < -0.4 is 11.1 Å². The first-order valence-electron chi connectivity index (χ1n) is 12.1. The van der Waals surface area contributed by atoms with E-state index in [4.69, 9.17) is 5.73 Å². The van der Waals surface area contributed by atoms with E-state index in [1.165, 1.54) is 18.0 Å². The van der Waals surface area contributed by atoms with Gasteiger partial charge in [-0.25, -0.2) is 9.97 Å². The van der Waals surface area contributed by atoms with Gasteiger partial charge in [0, 0.05) is 37.3 Å². The van der Waals surface area contributed by atoms with Gasteiger partial charge in [-0.05, 0) is 61.4 Å². The Morgan fingerprint density at radius 3 is 2.57 bits per heavy atom. The van der Waals surface area contributed by atoms with E-state index in [0.717, 1.165) is 73.0 Å².